The van der Waals surface area contributed by atoms with E-state index in [-0.39, 0.29) is 13.0 Å². The summed E-state index contributed by atoms with van der Waals surface area (Å²) in [6.07, 6.45) is 0.0664. The number of ether oxygens (including phenoxy) is 1. The van der Waals surface area contributed by atoms with Crippen molar-refractivity contribution in [1.82, 2.24) is 0 Å². The molecule has 0 spiro atoms. The molecular weight excluding hydrogens is 264 g/mol. The second-order valence-corrected chi connectivity index (χ2v) is 4.32. The van der Waals surface area contributed by atoms with Gasteiger partial charge in [0.15, 0.2) is 5.60 Å². The molecule has 0 saturated carbocycles. The SMILES string of the molecule is O=C(O)C1(O)CCOc2cc(Br)ccc21. The van der Waals surface area contributed by atoms with Gasteiger partial charge in [-0.2, -0.15) is 0 Å². The lowest BCUT2D eigenvalue weighted by atomic mass is 9.88. The predicted molar refractivity (Wildman–Crippen MR) is 55.8 cm³/mol. The van der Waals surface area contributed by atoms with Crippen LogP contribution in [0.3, 0.4) is 0 Å². The summed E-state index contributed by atoms with van der Waals surface area (Å²) in [7, 11) is 0. The minimum absolute atomic E-state index is 0.0664. The van der Waals surface area contributed by atoms with Crippen LogP contribution in [-0.4, -0.2) is 22.8 Å². The second kappa shape index (κ2) is 3.50. The van der Waals surface area contributed by atoms with E-state index < -0.39 is 11.6 Å². The van der Waals surface area contributed by atoms with E-state index >= 15 is 0 Å². The van der Waals surface area contributed by atoms with Crippen LogP contribution in [0.25, 0.3) is 0 Å². The number of aliphatic carboxylic acids is 1. The Labute approximate surface area is 94.6 Å². The Hall–Kier alpha value is -1.07. The molecule has 0 saturated heterocycles. The van der Waals surface area contributed by atoms with Gasteiger partial charge in [0.1, 0.15) is 5.75 Å². The maximum Gasteiger partial charge on any atom is 0.340 e. The van der Waals surface area contributed by atoms with Crippen LogP contribution in [0.15, 0.2) is 22.7 Å². The van der Waals surface area contributed by atoms with E-state index in [0.29, 0.717) is 11.3 Å². The molecule has 1 heterocycles. The van der Waals surface area contributed by atoms with Gasteiger partial charge in [0.2, 0.25) is 0 Å². The van der Waals surface area contributed by atoms with Crippen molar-refractivity contribution in [2.75, 3.05) is 6.61 Å². The van der Waals surface area contributed by atoms with Crippen LogP contribution in [0.4, 0.5) is 0 Å². The van der Waals surface area contributed by atoms with Crippen molar-refractivity contribution in [3.05, 3.63) is 28.2 Å². The van der Waals surface area contributed by atoms with Gasteiger partial charge < -0.3 is 14.9 Å². The molecule has 0 aliphatic carbocycles. The summed E-state index contributed by atoms with van der Waals surface area (Å²) in [5.74, 6) is -0.824. The Morgan fingerprint density at radius 2 is 2.27 bits per heavy atom. The van der Waals surface area contributed by atoms with Gasteiger partial charge >= 0.3 is 5.97 Å². The van der Waals surface area contributed by atoms with Gasteiger partial charge in [0.25, 0.3) is 0 Å². The quantitative estimate of drug-likeness (QED) is 0.813. The molecule has 4 nitrogen and oxygen atoms in total. The van der Waals surface area contributed by atoms with Crippen molar-refractivity contribution in [2.24, 2.45) is 0 Å². The Kier molecular flexibility index (Phi) is 2.44. The lowest BCUT2D eigenvalue weighted by Crippen LogP contribution is -2.40. The van der Waals surface area contributed by atoms with Gasteiger partial charge in [-0.25, -0.2) is 4.79 Å². The smallest absolute Gasteiger partial charge is 0.340 e. The van der Waals surface area contributed by atoms with Gasteiger partial charge in [0, 0.05) is 16.5 Å². The monoisotopic (exact) mass is 272 g/mol. The van der Waals surface area contributed by atoms with Crippen LogP contribution in [0, 0.1) is 0 Å². The number of fused-ring (bicyclic) bond motifs is 1. The molecule has 80 valence electrons. The fourth-order valence-electron chi connectivity index (χ4n) is 1.62. The molecule has 0 amide bonds. The van der Waals surface area contributed by atoms with Gasteiger partial charge in [-0.05, 0) is 12.1 Å². The number of hydrogen-bond donors (Lipinski definition) is 2. The van der Waals surface area contributed by atoms with Crippen molar-refractivity contribution in [2.45, 2.75) is 12.0 Å². The van der Waals surface area contributed by atoms with Gasteiger partial charge in [-0.1, -0.05) is 22.0 Å². The standard InChI is InChI=1S/C10H9BrO4/c11-6-1-2-7-8(5-6)15-4-3-10(7,14)9(12)13/h1-2,5,14H,3-4H2,(H,12,13). The van der Waals surface area contributed by atoms with Crippen LogP contribution >= 0.6 is 15.9 Å². The number of benzene rings is 1. The summed E-state index contributed by atoms with van der Waals surface area (Å²) in [4.78, 5) is 11.0. The number of carboxylic acids is 1. The Balaban J connectivity index is 2.56. The van der Waals surface area contributed by atoms with E-state index in [1.165, 1.54) is 0 Å². The third-order valence-corrected chi connectivity index (χ3v) is 2.96. The molecule has 5 heteroatoms. The Morgan fingerprint density at radius 1 is 1.53 bits per heavy atom. The third-order valence-electron chi connectivity index (χ3n) is 2.46. The molecule has 1 aliphatic heterocycles. The summed E-state index contributed by atoms with van der Waals surface area (Å²) < 4.78 is 6.08. The maximum atomic E-state index is 11.0. The summed E-state index contributed by atoms with van der Waals surface area (Å²) in [5.41, 5.74) is -1.52. The molecule has 1 aromatic rings. The second-order valence-electron chi connectivity index (χ2n) is 3.40. The zero-order valence-electron chi connectivity index (χ0n) is 7.74. The molecule has 0 bridgehead atoms. The summed E-state index contributed by atoms with van der Waals surface area (Å²) in [6, 6.07) is 4.90. The van der Waals surface area contributed by atoms with E-state index in [1.807, 2.05) is 0 Å². The maximum absolute atomic E-state index is 11.0. The number of aliphatic hydroxyl groups is 1. The largest absolute Gasteiger partial charge is 0.493 e. The molecule has 0 fully saturated rings. The van der Waals surface area contributed by atoms with Crippen molar-refractivity contribution in [3.8, 4) is 5.75 Å². The Bertz CT molecular complexity index is 418. The lowest BCUT2D eigenvalue weighted by Gasteiger charge is -2.30. The summed E-state index contributed by atoms with van der Waals surface area (Å²) >= 11 is 3.26. The fraction of sp³-hybridized carbons (Fsp3) is 0.300. The van der Waals surface area contributed by atoms with E-state index in [1.54, 1.807) is 18.2 Å². The number of rotatable bonds is 1. The van der Waals surface area contributed by atoms with Gasteiger partial charge in [-0.15, -0.1) is 0 Å². The third kappa shape index (κ3) is 1.61. The van der Waals surface area contributed by atoms with E-state index in [9.17, 15) is 9.90 Å². The number of halogens is 1. The topological polar surface area (TPSA) is 66.8 Å². The van der Waals surface area contributed by atoms with Crippen LogP contribution in [-0.2, 0) is 10.4 Å². The first-order chi connectivity index (χ1) is 7.04. The first-order valence-electron chi connectivity index (χ1n) is 4.42. The highest BCUT2D eigenvalue weighted by atomic mass is 79.9. The first kappa shape index (κ1) is 10.4. The average molecular weight is 273 g/mol. The van der Waals surface area contributed by atoms with E-state index in [0.717, 1.165) is 4.47 Å². The highest BCUT2D eigenvalue weighted by Crippen LogP contribution is 2.38. The number of carbonyl (C=O) groups is 1. The molecular formula is C10H9BrO4. The van der Waals surface area contributed by atoms with Crippen molar-refractivity contribution >= 4 is 21.9 Å². The van der Waals surface area contributed by atoms with E-state index in [2.05, 4.69) is 15.9 Å². The molecule has 2 rings (SSSR count). The van der Waals surface area contributed by atoms with Crippen LogP contribution < -0.4 is 4.74 Å². The summed E-state index contributed by atoms with van der Waals surface area (Å²) in [5, 5.41) is 19.0. The molecule has 15 heavy (non-hydrogen) atoms. The zero-order valence-corrected chi connectivity index (χ0v) is 9.32. The number of hydrogen-bond acceptors (Lipinski definition) is 3. The normalized spacial score (nSPS) is 24.1. The van der Waals surface area contributed by atoms with Gasteiger partial charge in [0.05, 0.1) is 6.61 Å². The molecule has 1 aliphatic rings. The van der Waals surface area contributed by atoms with Gasteiger partial charge in [-0.3, -0.25) is 0 Å². The highest BCUT2D eigenvalue weighted by Gasteiger charge is 2.42. The average Bonchev–Trinajstić information content (AvgIpc) is 2.17. The lowest BCUT2D eigenvalue weighted by molar-refractivity contribution is -0.162. The molecule has 1 unspecified atom stereocenters. The number of carboxylic acid groups (broad SMARTS) is 1. The fourth-order valence-corrected chi connectivity index (χ4v) is 1.96. The zero-order chi connectivity index (χ0) is 11.1. The first-order valence-corrected chi connectivity index (χ1v) is 5.22. The predicted octanol–water partition coefficient (Wildman–Crippen LogP) is 1.50. The van der Waals surface area contributed by atoms with E-state index in [4.69, 9.17) is 9.84 Å². The molecule has 2 N–H and O–H groups in total. The molecule has 0 radical (unpaired) electrons. The van der Waals surface area contributed by atoms with Crippen LogP contribution in [0.1, 0.15) is 12.0 Å². The molecule has 1 aromatic carbocycles. The minimum atomic E-state index is -1.83. The van der Waals surface area contributed by atoms with Crippen LogP contribution in [0.5, 0.6) is 5.75 Å². The van der Waals surface area contributed by atoms with Crippen molar-refractivity contribution in [1.29, 1.82) is 0 Å². The minimum Gasteiger partial charge on any atom is -0.493 e. The molecule has 0 aromatic heterocycles. The molecule has 1 atom stereocenters. The summed E-state index contributed by atoms with van der Waals surface area (Å²) in [6.45, 7) is 0.201. The Morgan fingerprint density at radius 3 is 2.93 bits per heavy atom. The van der Waals surface area contributed by atoms with Crippen LogP contribution in [0.2, 0.25) is 0 Å². The highest BCUT2D eigenvalue weighted by molar-refractivity contribution is 9.10. The van der Waals surface area contributed by atoms with Crippen molar-refractivity contribution in [3.63, 3.8) is 0 Å². The van der Waals surface area contributed by atoms with Crippen molar-refractivity contribution < 1.29 is 19.7 Å².